The van der Waals surface area contributed by atoms with Crippen molar-refractivity contribution in [3.05, 3.63) is 36.4 Å². The average molecular weight is 277 g/mol. The Labute approximate surface area is 118 Å². The van der Waals surface area contributed by atoms with Gasteiger partial charge in [-0.2, -0.15) is 0 Å². The Kier molecular flexibility index (Phi) is 4.74. The van der Waals surface area contributed by atoms with Gasteiger partial charge in [0.1, 0.15) is 11.6 Å². The van der Waals surface area contributed by atoms with Crippen LogP contribution in [0.1, 0.15) is 12.7 Å². The average Bonchev–Trinajstić information content (AvgIpc) is 2.79. The van der Waals surface area contributed by atoms with Crippen molar-refractivity contribution in [2.75, 3.05) is 18.1 Å². The monoisotopic (exact) mass is 277 g/mol. The molecule has 0 bridgehead atoms. The molecule has 0 aliphatic rings. The molecule has 2 rings (SSSR count). The van der Waals surface area contributed by atoms with Gasteiger partial charge in [0.25, 0.3) is 0 Å². The molecule has 2 N–H and O–H groups in total. The van der Waals surface area contributed by atoms with Crippen molar-refractivity contribution in [3.63, 3.8) is 0 Å². The fraction of sp³-hybridized carbons (Fsp3) is 0.357. The highest BCUT2D eigenvalue weighted by molar-refractivity contribution is 7.99. The summed E-state index contributed by atoms with van der Waals surface area (Å²) in [6, 6.07) is 5.81. The van der Waals surface area contributed by atoms with Gasteiger partial charge in [0, 0.05) is 35.3 Å². The van der Waals surface area contributed by atoms with Crippen LogP contribution in [-0.2, 0) is 6.54 Å². The van der Waals surface area contributed by atoms with Crippen molar-refractivity contribution in [2.45, 2.75) is 25.3 Å². The summed E-state index contributed by atoms with van der Waals surface area (Å²) in [5, 5.41) is 0. The highest BCUT2D eigenvalue weighted by atomic mass is 32.2. The Morgan fingerprint density at radius 2 is 2.26 bits per heavy atom. The van der Waals surface area contributed by atoms with E-state index >= 15 is 0 Å². The molecule has 1 aromatic carbocycles. The lowest BCUT2D eigenvalue weighted by Gasteiger charge is -2.09. The lowest BCUT2D eigenvalue weighted by atomic mass is 10.3. The Balaban J connectivity index is 1.95. The predicted molar refractivity (Wildman–Crippen MR) is 79.7 cm³/mol. The molecular formula is C14H19N3OS. The predicted octanol–water partition coefficient (Wildman–Crippen LogP) is 2.96. The molecule has 0 atom stereocenters. The van der Waals surface area contributed by atoms with Gasteiger partial charge in [-0.1, -0.05) is 0 Å². The van der Waals surface area contributed by atoms with E-state index in [4.69, 9.17) is 10.5 Å². The highest BCUT2D eigenvalue weighted by Gasteiger charge is 2.04. The zero-order valence-corrected chi connectivity index (χ0v) is 12.1. The molecule has 102 valence electrons. The van der Waals surface area contributed by atoms with Crippen LogP contribution < -0.4 is 10.5 Å². The first-order valence-corrected chi connectivity index (χ1v) is 7.32. The second-order valence-corrected chi connectivity index (χ2v) is 5.29. The fourth-order valence-corrected chi connectivity index (χ4v) is 2.73. The minimum atomic E-state index is 0.669. The third-order valence-corrected chi connectivity index (χ3v) is 3.86. The number of hydrogen-bond acceptors (Lipinski definition) is 4. The van der Waals surface area contributed by atoms with Crippen molar-refractivity contribution in [1.29, 1.82) is 0 Å². The zero-order valence-electron chi connectivity index (χ0n) is 11.3. The van der Waals surface area contributed by atoms with Gasteiger partial charge in [-0.05, 0) is 32.0 Å². The molecule has 0 amide bonds. The largest absolute Gasteiger partial charge is 0.494 e. The SMILES string of the molecule is CCOc1ccc(N)c(SCCn2ccnc2C)c1. The van der Waals surface area contributed by atoms with Crippen LogP contribution in [-0.4, -0.2) is 21.9 Å². The summed E-state index contributed by atoms with van der Waals surface area (Å²) in [5.74, 6) is 2.87. The molecule has 0 saturated heterocycles. The topological polar surface area (TPSA) is 53.1 Å². The zero-order chi connectivity index (χ0) is 13.7. The van der Waals surface area contributed by atoms with E-state index in [9.17, 15) is 0 Å². The number of nitrogens with zero attached hydrogens (tertiary/aromatic N) is 2. The number of nitrogen functional groups attached to an aromatic ring is 1. The first kappa shape index (κ1) is 13.8. The summed E-state index contributed by atoms with van der Waals surface area (Å²) in [4.78, 5) is 5.28. The number of ether oxygens (including phenoxy) is 1. The van der Waals surface area contributed by atoms with E-state index in [1.54, 1.807) is 11.8 Å². The minimum absolute atomic E-state index is 0.669. The number of thioether (sulfide) groups is 1. The Bertz CT molecular complexity index is 539. The first-order valence-electron chi connectivity index (χ1n) is 6.33. The molecule has 0 aliphatic heterocycles. The van der Waals surface area contributed by atoms with E-state index in [0.717, 1.165) is 34.5 Å². The number of hydrogen-bond donors (Lipinski definition) is 1. The molecular weight excluding hydrogens is 258 g/mol. The summed E-state index contributed by atoms with van der Waals surface area (Å²) in [7, 11) is 0. The van der Waals surface area contributed by atoms with Gasteiger partial charge < -0.3 is 15.0 Å². The molecule has 5 heteroatoms. The molecule has 19 heavy (non-hydrogen) atoms. The number of aromatic nitrogens is 2. The van der Waals surface area contributed by atoms with Crippen LogP contribution in [0.25, 0.3) is 0 Å². The van der Waals surface area contributed by atoms with E-state index in [1.807, 2.05) is 44.4 Å². The molecule has 0 spiro atoms. The lowest BCUT2D eigenvalue weighted by Crippen LogP contribution is -2.02. The highest BCUT2D eigenvalue weighted by Crippen LogP contribution is 2.29. The number of nitrogens with two attached hydrogens (primary N) is 1. The maximum absolute atomic E-state index is 5.98. The summed E-state index contributed by atoms with van der Waals surface area (Å²) >= 11 is 1.74. The van der Waals surface area contributed by atoms with Crippen molar-refractivity contribution >= 4 is 17.4 Å². The molecule has 4 nitrogen and oxygen atoms in total. The van der Waals surface area contributed by atoms with E-state index in [0.29, 0.717) is 6.61 Å². The molecule has 2 aromatic rings. The van der Waals surface area contributed by atoms with E-state index in [2.05, 4.69) is 9.55 Å². The molecule has 0 radical (unpaired) electrons. The van der Waals surface area contributed by atoms with Crippen molar-refractivity contribution < 1.29 is 4.74 Å². The van der Waals surface area contributed by atoms with E-state index in [1.165, 1.54) is 0 Å². The molecule has 0 fully saturated rings. The number of imidazole rings is 1. The smallest absolute Gasteiger partial charge is 0.120 e. The van der Waals surface area contributed by atoms with Gasteiger partial charge in [-0.25, -0.2) is 4.98 Å². The fourth-order valence-electron chi connectivity index (χ4n) is 1.79. The van der Waals surface area contributed by atoms with Gasteiger partial charge in [0.05, 0.1) is 6.61 Å². The minimum Gasteiger partial charge on any atom is -0.494 e. The van der Waals surface area contributed by atoms with Gasteiger partial charge in [-0.15, -0.1) is 11.8 Å². The second kappa shape index (κ2) is 6.52. The second-order valence-electron chi connectivity index (χ2n) is 4.15. The van der Waals surface area contributed by atoms with E-state index < -0.39 is 0 Å². The van der Waals surface area contributed by atoms with Gasteiger partial charge in [-0.3, -0.25) is 0 Å². The van der Waals surface area contributed by atoms with Crippen LogP contribution in [0, 0.1) is 6.92 Å². The Hall–Kier alpha value is -1.62. The third kappa shape index (κ3) is 3.67. The van der Waals surface area contributed by atoms with Crippen LogP contribution >= 0.6 is 11.8 Å². The van der Waals surface area contributed by atoms with Gasteiger partial charge in [0.15, 0.2) is 0 Å². The van der Waals surface area contributed by atoms with Gasteiger partial charge >= 0.3 is 0 Å². The maximum Gasteiger partial charge on any atom is 0.120 e. The molecule has 1 aromatic heterocycles. The molecule has 0 unspecified atom stereocenters. The van der Waals surface area contributed by atoms with Crippen molar-refractivity contribution in [1.82, 2.24) is 9.55 Å². The van der Waals surface area contributed by atoms with Crippen LogP contribution in [0.5, 0.6) is 5.75 Å². The molecule has 0 saturated carbocycles. The van der Waals surface area contributed by atoms with E-state index in [-0.39, 0.29) is 0 Å². The van der Waals surface area contributed by atoms with Crippen molar-refractivity contribution in [2.24, 2.45) is 0 Å². The standard InChI is InChI=1S/C14H19N3OS/c1-3-18-12-4-5-13(15)14(10-12)19-9-8-17-7-6-16-11(17)2/h4-7,10H,3,8-9,15H2,1-2H3. The van der Waals surface area contributed by atoms with Crippen LogP contribution in [0.15, 0.2) is 35.5 Å². The maximum atomic E-state index is 5.98. The number of rotatable bonds is 6. The number of aryl methyl sites for hydroxylation is 2. The van der Waals surface area contributed by atoms with Crippen LogP contribution in [0.2, 0.25) is 0 Å². The number of anilines is 1. The summed E-state index contributed by atoms with van der Waals surface area (Å²) < 4.78 is 7.62. The summed E-state index contributed by atoms with van der Waals surface area (Å²) in [6.45, 7) is 5.58. The Morgan fingerprint density at radius 1 is 1.42 bits per heavy atom. The third-order valence-electron chi connectivity index (χ3n) is 2.81. The molecule has 0 aliphatic carbocycles. The summed E-state index contributed by atoms with van der Waals surface area (Å²) in [5.41, 5.74) is 6.78. The first-order chi connectivity index (χ1) is 9.20. The van der Waals surface area contributed by atoms with Crippen LogP contribution in [0.3, 0.4) is 0 Å². The quantitative estimate of drug-likeness (QED) is 0.651. The normalized spacial score (nSPS) is 10.6. The van der Waals surface area contributed by atoms with Crippen molar-refractivity contribution in [3.8, 4) is 5.75 Å². The molecule has 1 heterocycles. The lowest BCUT2D eigenvalue weighted by molar-refractivity contribution is 0.339. The Morgan fingerprint density at radius 3 is 2.95 bits per heavy atom. The summed E-state index contributed by atoms with van der Waals surface area (Å²) in [6.07, 6.45) is 3.82. The number of benzene rings is 1. The van der Waals surface area contributed by atoms with Gasteiger partial charge in [0.2, 0.25) is 0 Å². The van der Waals surface area contributed by atoms with Crippen LogP contribution in [0.4, 0.5) is 5.69 Å².